The first-order chi connectivity index (χ1) is 16.2. The van der Waals surface area contributed by atoms with E-state index >= 15 is 0 Å². The van der Waals surface area contributed by atoms with Gasteiger partial charge in [-0.2, -0.15) is 0 Å². The number of rotatable bonds is 9. The van der Waals surface area contributed by atoms with Gasteiger partial charge in [0.2, 0.25) is 5.91 Å². The minimum absolute atomic E-state index is 0.301. The first-order valence-electron chi connectivity index (χ1n) is 10.9. The number of aromatic nitrogens is 1. The van der Waals surface area contributed by atoms with Gasteiger partial charge in [0, 0.05) is 11.1 Å². The standard InChI is InChI=1S/C14H21N3O3.C11H10N2O/c15-8-4-7-12(14(19)20)17-13(18)11(16)9-10-5-2-1-3-6-10;1-7-5-6-8-3-2-4-9(11(12)14)10(8)13-7/h1-3,5-6,11-12H,4,7-9,15-16H2,(H,17,18)(H,19,20);2-6H,1H3,(H2,12,14)/t11-,12-;/m0./s1. The molecule has 2 amide bonds. The number of primary amides is 1. The number of aliphatic carboxylic acids is 1. The number of nitrogens with one attached hydrogen (secondary N) is 1. The summed E-state index contributed by atoms with van der Waals surface area (Å²) >= 11 is 0. The zero-order valence-electron chi connectivity index (χ0n) is 19.1. The number of fused-ring (bicyclic) bond motifs is 1. The lowest BCUT2D eigenvalue weighted by atomic mass is 10.1. The lowest BCUT2D eigenvalue weighted by Crippen LogP contribution is -2.49. The number of hydrogen-bond donors (Lipinski definition) is 5. The number of carbonyl (C=O) groups is 3. The van der Waals surface area contributed by atoms with Crippen LogP contribution in [0.25, 0.3) is 10.9 Å². The van der Waals surface area contributed by atoms with Crippen molar-refractivity contribution in [3.8, 4) is 0 Å². The number of carboxylic acids is 1. The Hall–Kier alpha value is -3.82. The highest BCUT2D eigenvalue weighted by molar-refractivity contribution is 6.04. The minimum Gasteiger partial charge on any atom is -0.480 e. The molecule has 0 aliphatic rings. The molecule has 8 N–H and O–H groups in total. The van der Waals surface area contributed by atoms with Crippen LogP contribution < -0.4 is 22.5 Å². The van der Waals surface area contributed by atoms with Crippen molar-refractivity contribution in [1.82, 2.24) is 10.3 Å². The van der Waals surface area contributed by atoms with E-state index in [1.165, 1.54) is 0 Å². The van der Waals surface area contributed by atoms with Crippen molar-refractivity contribution in [2.24, 2.45) is 17.2 Å². The molecule has 0 saturated carbocycles. The number of pyridine rings is 1. The summed E-state index contributed by atoms with van der Waals surface area (Å²) in [4.78, 5) is 38.3. The van der Waals surface area contributed by atoms with Gasteiger partial charge < -0.3 is 27.6 Å². The van der Waals surface area contributed by atoms with Gasteiger partial charge >= 0.3 is 5.97 Å². The number of benzene rings is 2. The maximum absolute atomic E-state index is 11.9. The van der Waals surface area contributed by atoms with Crippen LogP contribution in [0.3, 0.4) is 0 Å². The van der Waals surface area contributed by atoms with Gasteiger partial charge in [-0.3, -0.25) is 14.6 Å². The van der Waals surface area contributed by atoms with E-state index in [0.29, 0.717) is 36.9 Å². The van der Waals surface area contributed by atoms with E-state index in [1.54, 1.807) is 12.1 Å². The Kier molecular flexibility index (Phi) is 10.1. The fourth-order valence-corrected chi connectivity index (χ4v) is 3.26. The van der Waals surface area contributed by atoms with Crippen LogP contribution in [0, 0.1) is 6.92 Å². The predicted octanol–water partition coefficient (Wildman–Crippen LogP) is 1.51. The maximum atomic E-state index is 11.9. The first-order valence-corrected chi connectivity index (χ1v) is 10.9. The van der Waals surface area contributed by atoms with Crippen LogP contribution in [-0.2, 0) is 16.0 Å². The van der Waals surface area contributed by atoms with E-state index in [1.807, 2.05) is 55.5 Å². The van der Waals surface area contributed by atoms with E-state index in [2.05, 4.69) is 10.3 Å². The van der Waals surface area contributed by atoms with Crippen molar-refractivity contribution in [1.29, 1.82) is 0 Å². The Morgan fingerprint density at radius 2 is 1.74 bits per heavy atom. The van der Waals surface area contributed by atoms with Gasteiger partial charge in [0.15, 0.2) is 0 Å². The van der Waals surface area contributed by atoms with Gasteiger partial charge in [-0.15, -0.1) is 0 Å². The van der Waals surface area contributed by atoms with Crippen LogP contribution in [0.5, 0.6) is 0 Å². The third-order valence-corrected chi connectivity index (χ3v) is 5.07. The molecular formula is C25H31N5O4. The summed E-state index contributed by atoms with van der Waals surface area (Å²) in [5.74, 6) is -1.97. The molecule has 0 fully saturated rings. The smallest absolute Gasteiger partial charge is 0.326 e. The van der Waals surface area contributed by atoms with Crippen molar-refractivity contribution in [3.63, 3.8) is 0 Å². The molecule has 2 aromatic carbocycles. The van der Waals surface area contributed by atoms with Crippen LogP contribution in [0.4, 0.5) is 0 Å². The molecule has 9 heteroatoms. The lowest BCUT2D eigenvalue weighted by molar-refractivity contribution is -0.142. The van der Waals surface area contributed by atoms with Gasteiger partial charge in [-0.05, 0) is 50.4 Å². The number of carbonyl (C=O) groups excluding carboxylic acids is 2. The number of hydrogen-bond acceptors (Lipinski definition) is 6. The molecule has 0 radical (unpaired) electrons. The second-order valence-corrected chi connectivity index (χ2v) is 7.82. The van der Waals surface area contributed by atoms with Crippen molar-refractivity contribution < 1.29 is 19.5 Å². The summed E-state index contributed by atoms with van der Waals surface area (Å²) in [6.45, 7) is 2.27. The van der Waals surface area contributed by atoms with Crippen LogP contribution in [-0.4, -0.2) is 46.5 Å². The van der Waals surface area contributed by atoms with Gasteiger partial charge in [0.25, 0.3) is 5.91 Å². The largest absolute Gasteiger partial charge is 0.480 e. The van der Waals surface area contributed by atoms with Crippen molar-refractivity contribution in [2.75, 3.05) is 6.54 Å². The third kappa shape index (κ3) is 7.95. The summed E-state index contributed by atoms with van der Waals surface area (Å²) < 4.78 is 0. The maximum Gasteiger partial charge on any atom is 0.326 e. The number of nitrogens with zero attached hydrogens (tertiary/aromatic N) is 1. The Balaban J connectivity index is 0.000000254. The lowest BCUT2D eigenvalue weighted by Gasteiger charge is -2.17. The van der Waals surface area contributed by atoms with Crippen LogP contribution in [0.2, 0.25) is 0 Å². The fourth-order valence-electron chi connectivity index (χ4n) is 3.26. The molecule has 180 valence electrons. The molecule has 34 heavy (non-hydrogen) atoms. The summed E-state index contributed by atoms with van der Waals surface area (Å²) in [6.07, 6.45) is 1.21. The van der Waals surface area contributed by atoms with Crippen LogP contribution >= 0.6 is 0 Å². The second kappa shape index (κ2) is 13.0. The molecule has 3 aromatic rings. The Bertz CT molecular complexity index is 1120. The molecule has 0 spiro atoms. The first kappa shape index (κ1) is 26.4. The summed E-state index contributed by atoms with van der Waals surface area (Å²) in [6, 6.07) is 16.9. The fraction of sp³-hybridized carbons (Fsp3) is 0.280. The van der Waals surface area contributed by atoms with E-state index in [-0.39, 0.29) is 0 Å². The summed E-state index contributed by atoms with van der Waals surface area (Å²) in [7, 11) is 0. The predicted molar refractivity (Wildman–Crippen MR) is 131 cm³/mol. The van der Waals surface area contributed by atoms with Crippen molar-refractivity contribution in [2.45, 2.75) is 38.3 Å². The molecule has 1 aromatic heterocycles. The minimum atomic E-state index is -1.07. The Labute approximate surface area is 198 Å². The number of nitrogens with two attached hydrogens (primary N) is 3. The van der Waals surface area contributed by atoms with E-state index in [9.17, 15) is 14.4 Å². The van der Waals surface area contributed by atoms with Crippen LogP contribution in [0.1, 0.15) is 34.5 Å². The molecule has 0 aliphatic heterocycles. The average Bonchev–Trinajstić information content (AvgIpc) is 2.81. The molecule has 0 aliphatic carbocycles. The van der Waals surface area contributed by atoms with Crippen LogP contribution in [0.15, 0.2) is 60.7 Å². The molecule has 0 unspecified atom stereocenters. The zero-order valence-corrected chi connectivity index (χ0v) is 19.1. The molecule has 0 saturated heterocycles. The van der Waals surface area contributed by atoms with Crippen molar-refractivity contribution >= 4 is 28.7 Å². The number of carboxylic acid groups (broad SMARTS) is 1. The normalized spacial score (nSPS) is 12.2. The highest BCUT2D eigenvalue weighted by Gasteiger charge is 2.22. The van der Waals surface area contributed by atoms with Gasteiger partial charge in [-0.25, -0.2) is 4.79 Å². The molecule has 1 heterocycles. The van der Waals surface area contributed by atoms with Crippen molar-refractivity contribution in [3.05, 3.63) is 77.5 Å². The second-order valence-electron chi connectivity index (χ2n) is 7.82. The topological polar surface area (TPSA) is 174 Å². The van der Waals surface area contributed by atoms with E-state index in [0.717, 1.165) is 16.6 Å². The highest BCUT2D eigenvalue weighted by Crippen LogP contribution is 2.16. The highest BCUT2D eigenvalue weighted by atomic mass is 16.4. The zero-order chi connectivity index (χ0) is 25.1. The molecular weight excluding hydrogens is 434 g/mol. The van der Waals surface area contributed by atoms with E-state index in [4.69, 9.17) is 22.3 Å². The molecule has 9 nitrogen and oxygen atoms in total. The summed E-state index contributed by atoms with van der Waals surface area (Å²) in [5.41, 5.74) is 19.4. The molecule has 0 bridgehead atoms. The van der Waals surface area contributed by atoms with E-state index < -0.39 is 29.9 Å². The SMILES string of the molecule is Cc1ccc2cccc(C(N)=O)c2n1.NCCC[C@H](NC(=O)[C@@H](N)Cc1ccccc1)C(=O)O. The molecule has 3 rings (SSSR count). The number of para-hydroxylation sites is 1. The van der Waals surface area contributed by atoms with Gasteiger partial charge in [0.1, 0.15) is 6.04 Å². The number of aryl methyl sites for hydroxylation is 1. The van der Waals surface area contributed by atoms with Gasteiger partial charge in [0.05, 0.1) is 17.1 Å². The third-order valence-electron chi connectivity index (χ3n) is 5.07. The number of amides is 2. The Morgan fingerprint density at radius 1 is 1.03 bits per heavy atom. The summed E-state index contributed by atoms with van der Waals surface area (Å²) in [5, 5.41) is 12.4. The quantitative estimate of drug-likeness (QED) is 0.318. The monoisotopic (exact) mass is 465 g/mol. The average molecular weight is 466 g/mol. The molecule has 2 atom stereocenters. The Morgan fingerprint density at radius 3 is 2.35 bits per heavy atom. The van der Waals surface area contributed by atoms with Gasteiger partial charge in [-0.1, -0.05) is 48.5 Å².